The van der Waals surface area contributed by atoms with Gasteiger partial charge in [-0.15, -0.1) is 0 Å². The van der Waals surface area contributed by atoms with Crippen LogP contribution in [0.3, 0.4) is 0 Å². The first-order valence-corrected chi connectivity index (χ1v) is 6.56. The number of aromatic nitrogens is 3. The van der Waals surface area contributed by atoms with E-state index in [0.717, 1.165) is 0 Å². The predicted molar refractivity (Wildman–Crippen MR) is 67.9 cm³/mol. The van der Waals surface area contributed by atoms with Gasteiger partial charge in [0.15, 0.2) is 0 Å². The van der Waals surface area contributed by atoms with Crippen molar-refractivity contribution in [2.75, 3.05) is 0 Å². The molecule has 2 rings (SSSR count). The van der Waals surface area contributed by atoms with Gasteiger partial charge in [-0.3, -0.25) is 9.59 Å². The summed E-state index contributed by atoms with van der Waals surface area (Å²) in [5.41, 5.74) is 0. The summed E-state index contributed by atoms with van der Waals surface area (Å²) in [6.07, 6.45) is 2.06. The third-order valence-corrected chi connectivity index (χ3v) is 3.46. The molecule has 1 fully saturated rings. The van der Waals surface area contributed by atoms with Gasteiger partial charge in [0.2, 0.25) is 11.8 Å². The molecule has 0 aromatic carbocycles. The molecule has 7 heteroatoms. The molecule has 2 unspecified atom stereocenters. The molecule has 2 atom stereocenters. The molecule has 0 bridgehead atoms. The molecule has 1 aromatic rings. The monoisotopic (exact) mass is 265 g/mol. The Morgan fingerprint density at radius 2 is 2.11 bits per heavy atom. The standard InChI is InChI=1S/C12H19N5O2/c1-4-9-12(19)16(8(3)11(18)15-9)6-10-13-7-14-17(10)5-2/h7-9H,4-6H2,1-3H3,(H,15,18). The average molecular weight is 265 g/mol. The summed E-state index contributed by atoms with van der Waals surface area (Å²) in [6.45, 7) is 6.57. The highest BCUT2D eigenvalue weighted by Gasteiger charge is 2.37. The molecule has 1 saturated heterocycles. The van der Waals surface area contributed by atoms with Gasteiger partial charge in [0.1, 0.15) is 24.2 Å². The van der Waals surface area contributed by atoms with Crippen LogP contribution in [0.2, 0.25) is 0 Å². The maximum Gasteiger partial charge on any atom is 0.246 e. The van der Waals surface area contributed by atoms with Gasteiger partial charge in [0, 0.05) is 6.54 Å². The highest BCUT2D eigenvalue weighted by Crippen LogP contribution is 2.14. The Labute approximate surface area is 112 Å². The first kappa shape index (κ1) is 13.5. The van der Waals surface area contributed by atoms with E-state index in [1.807, 2.05) is 13.8 Å². The Hall–Kier alpha value is -1.92. The van der Waals surface area contributed by atoms with Crippen LogP contribution in [0.15, 0.2) is 6.33 Å². The number of rotatable bonds is 4. The minimum Gasteiger partial charge on any atom is -0.343 e. The maximum absolute atomic E-state index is 12.3. The number of carbonyl (C=O) groups excluding carboxylic acids is 2. The van der Waals surface area contributed by atoms with Crippen molar-refractivity contribution in [1.82, 2.24) is 25.0 Å². The Morgan fingerprint density at radius 3 is 2.74 bits per heavy atom. The van der Waals surface area contributed by atoms with E-state index in [4.69, 9.17) is 0 Å². The van der Waals surface area contributed by atoms with Crippen molar-refractivity contribution in [2.45, 2.75) is 52.4 Å². The third kappa shape index (κ3) is 2.45. The lowest BCUT2D eigenvalue weighted by Gasteiger charge is -2.36. The number of amides is 2. The molecular weight excluding hydrogens is 246 g/mol. The maximum atomic E-state index is 12.3. The van der Waals surface area contributed by atoms with Gasteiger partial charge in [-0.05, 0) is 20.3 Å². The summed E-state index contributed by atoms with van der Waals surface area (Å²) in [7, 11) is 0. The zero-order valence-electron chi connectivity index (χ0n) is 11.5. The van der Waals surface area contributed by atoms with Crippen molar-refractivity contribution >= 4 is 11.8 Å². The zero-order valence-corrected chi connectivity index (χ0v) is 11.5. The normalized spacial score (nSPS) is 23.6. The van der Waals surface area contributed by atoms with Crippen molar-refractivity contribution in [1.29, 1.82) is 0 Å². The van der Waals surface area contributed by atoms with Crippen LogP contribution >= 0.6 is 0 Å². The van der Waals surface area contributed by atoms with Crippen molar-refractivity contribution in [3.8, 4) is 0 Å². The van der Waals surface area contributed by atoms with Gasteiger partial charge in [0.05, 0.1) is 6.54 Å². The summed E-state index contributed by atoms with van der Waals surface area (Å²) in [6, 6.07) is -0.904. The molecule has 104 valence electrons. The van der Waals surface area contributed by atoms with E-state index in [9.17, 15) is 9.59 Å². The van der Waals surface area contributed by atoms with Gasteiger partial charge < -0.3 is 10.2 Å². The Balaban J connectivity index is 2.21. The fourth-order valence-corrected chi connectivity index (χ4v) is 2.21. The second-order valence-corrected chi connectivity index (χ2v) is 4.60. The van der Waals surface area contributed by atoms with E-state index in [0.29, 0.717) is 25.3 Å². The fraction of sp³-hybridized carbons (Fsp3) is 0.667. The Bertz CT molecular complexity index is 484. The lowest BCUT2D eigenvalue weighted by molar-refractivity contribution is -0.149. The fourth-order valence-electron chi connectivity index (χ4n) is 2.21. The highest BCUT2D eigenvalue weighted by molar-refractivity contribution is 5.96. The molecule has 0 spiro atoms. The Morgan fingerprint density at radius 1 is 1.37 bits per heavy atom. The lowest BCUT2D eigenvalue weighted by atomic mass is 10.1. The van der Waals surface area contributed by atoms with E-state index < -0.39 is 12.1 Å². The van der Waals surface area contributed by atoms with Crippen molar-refractivity contribution in [2.24, 2.45) is 0 Å². The van der Waals surface area contributed by atoms with Crippen molar-refractivity contribution in [3.05, 3.63) is 12.2 Å². The number of hydrogen-bond donors (Lipinski definition) is 1. The smallest absolute Gasteiger partial charge is 0.246 e. The van der Waals surface area contributed by atoms with E-state index in [1.165, 1.54) is 6.33 Å². The van der Waals surface area contributed by atoms with E-state index in [2.05, 4.69) is 15.4 Å². The van der Waals surface area contributed by atoms with Crippen LogP contribution in [0.1, 0.15) is 33.0 Å². The zero-order chi connectivity index (χ0) is 14.0. The predicted octanol–water partition coefficient (Wildman–Crippen LogP) is -0.0765. The first-order chi connectivity index (χ1) is 9.08. The molecule has 2 amide bonds. The number of nitrogens with zero attached hydrogens (tertiary/aromatic N) is 4. The highest BCUT2D eigenvalue weighted by atomic mass is 16.2. The number of nitrogens with one attached hydrogen (secondary N) is 1. The van der Waals surface area contributed by atoms with Crippen LogP contribution in [-0.4, -0.2) is 43.6 Å². The molecule has 0 radical (unpaired) electrons. The third-order valence-electron chi connectivity index (χ3n) is 3.46. The second-order valence-electron chi connectivity index (χ2n) is 4.60. The Kier molecular flexibility index (Phi) is 3.82. The van der Waals surface area contributed by atoms with Crippen LogP contribution in [0, 0.1) is 0 Å². The topological polar surface area (TPSA) is 80.1 Å². The summed E-state index contributed by atoms with van der Waals surface area (Å²) >= 11 is 0. The van der Waals surface area contributed by atoms with Crippen LogP contribution in [0.4, 0.5) is 0 Å². The minimum absolute atomic E-state index is 0.0553. The van der Waals surface area contributed by atoms with E-state index in [-0.39, 0.29) is 11.8 Å². The molecule has 7 nitrogen and oxygen atoms in total. The van der Waals surface area contributed by atoms with Crippen molar-refractivity contribution in [3.63, 3.8) is 0 Å². The summed E-state index contributed by atoms with van der Waals surface area (Å²) in [4.78, 5) is 29.9. The summed E-state index contributed by atoms with van der Waals surface area (Å²) < 4.78 is 1.73. The molecule has 0 saturated carbocycles. The van der Waals surface area contributed by atoms with Crippen LogP contribution < -0.4 is 5.32 Å². The SMILES string of the molecule is CCC1NC(=O)C(C)N(Cc2ncnn2CC)C1=O. The first-order valence-electron chi connectivity index (χ1n) is 6.56. The number of hydrogen-bond acceptors (Lipinski definition) is 4. The second kappa shape index (κ2) is 5.38. The molecule has 0 aliphatic carbocycles. The minimum atomic E-state index is -0.475. The van der Waals surface area contributed by atoms with Crippen LogP contribution in [0.5, 0.6) is 0 Å². The van der Waals surface area contributed by atoms with E-state index in [1.54, 1.807) is 16.5 Å². The summed E-state index contributed by atoms with van der Waals surface area (Å²) in [5.74, 6) is 0.529. The van der Waals surface area contributed by atoms with Crippen LogP contribution in [-0.2, 0) is 22.7 Å². The van der Waals surface area contributed by atoms with Crippen LogP contribution in [0.25, 0.3) is 0 Å². The molecule has 1 aliphatic heterocycles. The van der Waals surface area contributed by atoms with Gasteiger partial charge in [0.25, 0.3) is 0 Å². The molecular formula is C12H19N5O2. The molecule has 1 aromatic heterocycles. The van der Waals surface area contributed by atoms with Gasteiger partial charge in [-0.1, -0.05) is 6.92 Å². The lowest BCUT2D eigenvalue weighted by Crippen LogP contribution is -2.61. The van der Waals surface area contributed by atoms with Gasteiger partial charge in [-0.2, -0.15) is 5.10 Å². The molecule has 1 N–H and O–H groups in total. The van der Waals surface area contributed by atoms with Gasteiger partial charge in [-0.25, -0.2) is 9.67 Å². The summed E-state index contributed by atoms with van der Waals surface area (Å²) in [5, 5.41) is 6.81. The number of carbonyl (C=O) groups is 2. The van der Waals surface area contributed by atoms with E-state index >= 15 is 0 Å². The molecule has 19 heavy (non-hydrogen) atoms. The molecule has 1 aliphatic rings. The quantitative estimate of drug-likeness (QED) is 0.826. The molecule has 2 heterocycles. The van der Waals surface area contributed by atoms with Crippen molar-refractivity contribution < 1.29 is 9.59 Å². The average Bonchev–Trinajstić information content (AvgIpc) is 2.86. The number of aryl methyl sites for hydroxylation is 1. The number of piperazine rings is 1. The largest absolute Gasteiger partial charge is 0.343 e. The van der Waals surface area contributed by atoms with Gasteiger partial charge >= 0.3 is 0 Å².